The maximum atomic E-state index is 12.1. The van der Waals surface area contributed by atoms with Gasteiger partial charge < -0.3 is 14.8 Å². The van der Waals surface area contributed by atoms with Gasteiger partial charge in [0.05, 0.1) is 24.3 Å². The van der Waals surface area contributed by atoms with Gasteiger partial charge in [-0.1, -0.05) is 23.2 Å². The molecule has 0 saturated carbocycles. The van der Waals surface area contributed by atoms with Crippen LogP contribution >= 0.6 is 23.2 Å². The van der Waals surface area contributed by atoms with Crippen molar-refractivity contribution in [1.82, 2.24) is 5.32 Å². The molecule has 1 unspecified atom stereocenters. The zero-order valence-corrected chi connectivity index (χ0v) is 13.1. The number of hydrogen-bond donors (Lipinski definition) is 1. The van der Waals surface area contributed by atoms with Crippen LogP contribution < -0.4 is 10.1 Å². The Kier molecular flexibility index (Phi) is 7.06. The molecule has 1 aromatic rings. The molecule has 0 heterocycles. The number of rotatable bonds is 7. The highest BCUT2D eigenvalue weighted by Gasteiger charge is 2.28. The van der Waals surface area contributed by atoms with Crippen molar-refractivity contribution in [2.45, 2.75) is 19.1 Å². The Morgan fingerprint density at radius 1 is 1.24 bits per heavy atom. The van der Waals surface area contributed by atoms with Gasteiger partial charge in [-0.05, 0) is 25.6 Å². The Hall–Kier alpha value is -0.690. The third-order valence-electron chi connectivity index (χ3n) is 2.63. The zero-order valence-electron chi connectivity index (χ0n) is 11.6. The van der Waals surface area contributed by atoms with E-state index in [-0.39, 0.29) is 6.61 Å². The molecule has 0 aliphatic carbocycles. The summed E-state index contributed by atoms with van der Waals surface area (Å²) >= 11 is 12.2. The Morgan fingerprint density at radius 2 is 1.90 bits per heavy atom. The van der Waals surface area contributed by atoms with Crippen LogP contribution in [0.5, 0.6) is 5.75 Å². The van der Waals surface area contributed by atoms with Crippen molar-refractivity contribution in [3.63, 3.8) is 0 Å². The lowest BCUT2D eigenvalue weighted by atomic mass is 10.1. The van der Waals surface area contributed by atoms with Crippen LogP contribution in [0.1, 0.15) is 18.5 Å². The van der Waals surface area contributed by atoms with Crippen LogP contribution in [0.3, 0.4) is 0 Å². The summed E-state index contributed by atoms with van der Waals surface area (Å²) in [5, 5.41) is 3.53. The highest BCUT2D eigenvalue weighted by Crippen LogP contribution is 2.34. The van der Waals surface area contributed by atoms with E-state index in [9.17, 15) is 13.2 Å². The monoisotopic (exact) mass is 345 g/mol. The minimum atomic E-state index is -4.36. The van der Waals surface area contributed by atoms with E-state index in [4.69, 9.17) is 27.9 Å². The standard InChI is InChI=1S/C13H16Cl2F3NO2/c1-3-21-12-5-9(14)8(4-10(12)15)11(19-2)6-20-7-13(16,17)18/h4-5,11,19H,3,6-7H2,1-2H3. The van der Waals surface area contributed by atoms with Crippen LogP contribution in [-0.2, 0) is 4.74 Å². The topological polar surface area (TPSA) is 30.5 Å². The molecule has 1 aromatic carbocycles. The molecule has 1 N–H and O–H groups in total. The van der Waals surface area contributed by atoms with Crippen LogP contribution in [0.4, 0.5) is 13.2 Å². The maximum absolute atomic E-state index is 12.1. The van der Waals surface area contributed by atoms with E-state index in [1.165, 1.54) is 6.07 Å². The summed E-state index contributed by atoms with van der Waals surface area (Å²) in [6.07, 6.45) is -4.36. The van der Waals surface area contributed by atoms with Gasteiger partial charge in [0.15, 0.2) is 0 Å². The second kappa shape index (κ2) is 8.08. The second-order valence-electron chi connectivity index (χ2n) is 4.21. The fraction of sp³-hybridized carbons (Fsp3) is 0.538. The quantitative estimate of drug-likeness (QED) is 0.801. The van der Waals surface area contributed by atoms with Gasteiger partial charge in [0.25, 0.3) is 0 Å². The van der Waals surface area contributed by atoms with Crippen molar-refractivity contribution >= 4 is 23.2 Å². The van der Waals surface area contributed by atoms with Crippen molar-refractivity contribution in [3.8, 4) is 5.75 Å². The van der Waals surface area contributed by atoms with Gasteiger partial charge >= 0.3 is 6.18 Å². The van der Waals surface area contributed by atoms with Gasteiger partial charge in [-0.15, -0.1) is 0 Å². The molecule has 0 aliphatic rings. The molecule has 3 nitrogen and oxygen atoms in total. The van der Waals surface area contributed by atoms with Gasteiger partial charge in [0.1, 0.15) is 12.4 Å². The number of nitrogens with one attached hydrogen (secondary N) is 1. The van der Waals surface area contributed by atoms with E-state index in [1.54, 1.807) is 20.0 Å². The van der Waals surface area contributed by atoms with Crippen LogP contribution in [0.2, 0.25) is 10.0 Å². The molecule has 1 rings (SSSR count). The minimum Gasteiger partial charge on any atom is -0.492 e. The van der Waals surface area contributed by atoms with Gasteiger partial charge in [0, 0.05) is 11.1 Å². The second-order valence-corrected chi connectivity index (χ2v) is 5.02. The lowest BCUT2D eigenvalue weighted by Crippen LogP contribution is -2.26. The normalized spacial score (nSPS) is 13.3. The highest BCUT2D eigenvalue weighted by molar-refractivity contribution is 6.34. The summed E-state index contributed by atoms with van der Waals surface area (Å²) in [5.41, 5.74) is 0.551. The molecule has 0 aromatic heterocycles. The summed E-state index contributed by atoms with van der Waals surface area (Å²) in [5.74, 6) is 0.430. The fourth-order valence-electron chi connectivity index (χ4n) is 1.70. The number of likely N-dealkylation sites (N-methyl/N-ethyl adjacent to an activating group) is 1. The molecular formula is C13H16Cl2F3NO2. The summed E-state index contributed by atoms with van der Waals surface area (Å²) in [4.78, 5) is 0. The van der Waals surface area contributed by atoms with Crippen molar-refractivity contribution in [2.24, 2.45) is 0 Å². The first-order valence-electron chi connectivity index (χ1n) is 6.22. The summed E-state index contributed by atoms with van der Waals surface area (Å²) in [7, 11) is 1.60. The molecule has 21 heavy (non-hydrogen) atoms. The zero-order chi connectivity index (χ0) is 16.0. The van der Waals surface area contributed by atoms with E-state index in [0.29, 0.717) is 28.0 Å². The van der Waals surface area contributed by atoms with Gasteiger partial charge in [-0.3, -0.25) is 0 Å². The summed E-state index contributed by atoms with van der Waals surface area (Å²) < 4.78 is 46.2. The van der Waals surface area contributed by atoms with Crippen LogP contribution in [0.25, 0.3) is 0 Å². The predicted molar refractivity (Wildman–Crippen MR) is 76.3 cm³/mol. The number of alkyl halides is 3. The van der Waals surface area contributed by atoms with Crippen LogP contribution in [-0.4, -0.2) is 33.0 Å². The van der Waals surface area contributed by atoms with Crippen LogP contribution in [0, 0.1) is 0 Å². The average molecular weight is 346 g/mol. The third kappa shape index (κ3) is 5.90. The Morgan fingerprint density at radius 3 is 2.43 bits per heavy atom. The predicted octanol–water partition coefficient (Wildman–Crippen LogP) is 4.23. The SMILES string of the molecule is CCOc1cc(Cl)c(C(COCC(F)(F)F)NC)cc1Cl. The average Bonchev–Trinajstić information content (AvgIpc) is 2.38. The molecule has 0 fully saturated rings. The lowest BCUT2D eigenvalue weighted by Gasteiger charge is -2.20. The maximum Gasteiger partial charge on any atom is 0.411 e. The molecule has 0 saturated heterocycles. The first-order valence-corrected chi connectivity index (χ1v) is 6.97. The van der Waals surface area contributed by atoms with Crippen molar-refractivity contribution in [1.29, 1.82) is 0 Å². The minimum absolute atomic E-state index is 0.181. The molecule has 1 atom stereocenters. The van der Waals surface area contributed by atoms with Crippen molar-refractivity contribution < 1.29 is 22.6 Å². The molecule has 0 bridgehead atoms. The number of hydrogen-bond acceptors (Lipinski definition) is 3. The highest BCUT2D eigenvalue weighted by atomic mass is 35.5. The van der Waals surface area contributed by atoms with Crippen LogP contribution in [0.15, 0.2) is 12.1 Å². The fourth-order valence-corrected chi connectivity index (χ4v) is 2.21. The van der Waals surface area contributed by atoms with E-state index < -0.39 is 18.8 Å². The lowest BCUT2D eigenvalue weighted by molar-refractivity contribution is -0.175. The molecule has 0 spiro atoms. The number of halogens is 5. The van der Waals surface area contributed by atoms with Gasteiger partial charge in [-0.2, -0.15) is 13.2 Å². The Bertz CT molecular complexity index is 469. The number of benzene rings is 1. The summed E-state index contributed by atoms with van der Waals surface area (Å²) in [6.45, 7) is 0.743. The van der Waals surface area contributed by atoms with Gasteiger partial charge in [-0.25, -0.2) is 0 Å². The van der Waals surface area contributed by atoms with E-state index in [0.717, 1.165) is 0 Å². The molecule has 0 radical (unpaired) electrons. The number of ether oxygens (including phenoxy) is 2. The van der Waals surface area contributed by atoms with E-state index >= 15 is 0 Å². The Balaban J connectivity index is 2.83. The largest absolute Gasteiger partial charge is 0.492 e. The molecule has 0 amide bonds. The van der Waals surface area contributed by atoms with Crippen molar-refractivity contribution in [2.75, 3.05) is 26.9 Å². The smallest absolute Gasteiger partial charge is 0.411 e. The molecular weight excluding hydrogens is 330 g/mol. The summed E-state index contributed by atoms with van der Waals surface area (Å²) in [6, 6.07) is 2.59. The molecule has 8 heteroatoms. The van der Waals surface area contributed by atoms with E-state index in [1.807, 2.05) is 0 Å². The van der Waals surface area contributed by atoms with Crippen molar-refractivity contribution in [3.05, 3.63) is 27.7 Å². The molecule has 0 aliphatic heterocycles. The van der Waals surface area contributed by atoms with E-state index in [2.05, 4.69) is 10.1 Å². The first-order chi connectivity index (χ1) is 9.78. The third-order valence-corrected chi connectivity index (χ3v) is 3.25. The first kappa shape index (κ1) is 18.4. The van der Waals surface area contributed by atoms with Gasteiger partial charge in [0.2, 0.25) is 0 Å². The Labute approximate surface area is 131 Å². The molecule has 120 valence electrons.